The molecule has 1 aliphatic carbocycles. The van der Waals surface area contributed by atoms with Gasteiger partial charge < -0.3 is 49.7 Å². The van der Waals surface area contributed by atoms with Gasteiger partial charge in [-0.25, -0.2) is 9.13 Å². The van der Waals surface area contributed by atoms with E-state index in [1.807, 2.05) is 43.4 Å². The summed E-state index contributed by atoms with van der Waals surface area (Å²) < 4.78 is 49.3. The summed E-state index contributed by atoms with van der Waals surface area (Å²) >= 11 is 0. The first-order valence-electron chi connectivity index (χ1n) is 24.5. The van der Waals surface area contributed by atoms with E-state index in [-0.39, 0.29) is 18.9 Å². The molecule has 1 rings (SSSR count). The van der Waals surface area contributed by atoms with E-state index < -0.39 is 83.5 Å². The Morgan fingerprint density at radius 3 is 1.49 bits per heavy atom. The Balaban J connectivity index is 2.65. The van der Waals surface area contributed by atoms with Crippen molar-refractivity contribution in [1.82, 2.24) is 0 Å². The highest BCUT2D eigenvalue weighted by molar-refractivity contribution is 7.47. The van der Waals surface area contributed by atoms with Crippen LogP contribution in [0.1, 0.15) is 136 Å². The van der Waals surface area contributed by atoms with E-state index in [1.165, 1.54) is 0 Å². The molecule has 1 fully saturated rings. The third kappa shape index (κ3) is 34.1. The molecule has 1 aliphatic rings. The minimum absolute atomic E-state index is 0.0554. The van der Waals surface area contributed by atoms with Gasteiger partial charge in [0.1, 0.15) is 43.2 Å². The summed E-state index contributed by atoms with van der Waals surface area (Å²) in [6.07, 6.45) is 35.3. The van der Waals surface area contributed by atoms with E-state index >= 15 is 0 Å². The Morgan fingerprint density at radius 2 is 0.986 bits per heavy atom. The Bertz CT molecular complexity index is 1780. The summed E-state index contributed by atoms with van der Waals surface area (Å²) in [5, 5.41) is 51.0. The lowest BCUT2D eigenvalue weighted by atomic mass is 9.85. The van der Waals surface area contributed by atoms with Gasteiger partial charge in [0.05, 0.1) is 12.7 Å². The fourth-order valence-corrected chi connectivity index (χ4v) is 8.19. The van der Waals surface area contributed by atoms with Crippen molar-refractivity contribution in [3.05, 3.63) is 109 Å². The number of aliphatic hydroxyl groups is 5. The minimum atomic E-state index is -5.39. The Kier molecular flexibility index (Phi) is 37.1. The van der Waals surface area contributed by atoms with Gasteiger partial charge in [0.15, 0.2) is 6.10 Å². The van der Waals surface area contributed by atoms with Crippen LogP contribution in [-0.4, -0.2) is 114 Å². The topological polar surface area (TPSA) is 276 Å². The molecule has 398 valence electrons. The summed E-state index contributed by atoms with van der Waals surface area (Å²) in [5.74, 6) is -1.34. The summed E-state index contributed by atoms with van der Waals surface area (Å²) in [4.78, 5) is 54.3. The van der Waals surface area contributed by atoms with E-state index in [2.05, 4.69) is 84.4 Å². The Morgan fingerprint density at radius 1 is 0.529 bits per heavy atom. The predicted molar refractivity (Wildman–Crippen MR) is 270 cm³/mol. The second-order valence-electron chi connectivity index (χ2n) is 16.6. The van der Waals surface area contributed by atoms with Gasteiger partial charge in [-0.2, -0.15) is 0 Å². The van der Waals surface area contributed by atoms with Crippen molar-refractivity contribution < 1.29 is 82.0 Å². The molecular weight excluding hydrogens is 946 g/mol. The van der Waals surface area contributed by atoms with E-state index in [0.717, 1.165) is 77.0 Å². The molecule has 0 heterocycles. The van der Waals surface area contributed by atoms with E-state index in [1.54, 1.807) is 0 Å². The lowest BCUT2D eigenvalue weighted by Crippen LogP contribution is -2.64. The van der Waals surface area contributed by atoms with Crippen LogP contribution in [0.15, 0.2) is 109 Å². The Hall–Kier alpha value is -3.38. The van der Waals surface area contributed by atoms with Crippen molar-refractivity contribution in [2.75, 3.05) is 13.2 Å². The van der Waals surface area contributed by atoms with Gasteiger partial charge in [0.2, 0.25) is 0 Å². The van der Waals surface area contributed by atoms with Crippen LogP contribution in [0.3, 0.4) is 0 Å². The molecule has 1 saturated carbocycles. The standard InChI is InChI=1S/C51H82O17P2/c1-3-5-6-7-8-9-10-11-12-13-14-15-16-19-22-25-28-31-34-38-44(53)64-40-43(41-65-70(62,63)68-51-48(57)46(55)47(56)50(49(51)58)67-69(59,60)61)66-45(54)39-35-32-29-26-23-20-17-18-21-24-27-30-33-37-42(52)36-4-2/h5-6,8-9,11-12,14-15,17,19-22,24,26,29-30,33,42-43,46-52,55-58H,3-4,7,10,13,16,18,23,25,27-28,31-32,34-41H2,1-2H3,(H,62,63)(H2,59,60,61)/b6-5-,9-8-,12-11-,15-14-,20-17-,22-19-,24-21-,29-26-,33-30-/t42?,43-,46?,47?,48?,49?,50-,51+/m1/s1. The molecule has 70 heavy (non-hydrogen) atoms. The number of aliphatic hydroxyl groups excluding tert-OH is 5. The maximum absolute atomic E-state index is 13.0. The van der Waals surface area contributed by atoms with E-state index in [4.69, 9.17) is 18.5 Å². The van der Waals surface area contributed by atoms with Crippen molar-refractivity contribution in [2.45, 2.75) is 185 Å². The van der Waals surface area contributed by atoms with Crippen LogP contribution >= 0.6 is 15.6 Å². The van der Waals surface area contributed by atoms with Gasteiger partial charge >= 0.3 is 27.6 Å². The fraction of sp³-hybridized carbons (Fsp3) is 0.608. The quantitative estimate of drug-likeness (QED) is 0.0124. The first-order chi connectivity index (χ1) is 33.5. The number of carbonyl (C=O) groups excluding carboxylic acids is 2. The SMILES string of the molecule is CC/C=C\C/C=C\C/C=C\C/C=C\C/C=C\CCCCCC(=O)OC[C@H](COP(=O)(O)O[C@H]1C(O)C(O)C(O)[C@@H](OP(=O)(O)O)C1O)OC(=O)CCC/C=C\C/C=C\C/C=C\C/C=C\CC(O)CCC. The lowest BCUT2D eigenvalue weighted by molar-refractivity contribution is -0.216. The van der Waals surface area contributed by atoms with Crippen LogP contribution in [0.5, 0.6) is 0 Å². The van der Waals surface area contributed by atoms with Crippen LogP contribution in [0, 0.1) is 0 Å². The zero-order valence-corrected chi connectivity index (χ0v) is 42.8. The molecule has 8 N–H and O–H groups in total. The van der Waals surface area contributed by atoms with Crippen LogP contribution in [-0.2, 0) is 41.8 Å². The predicted octanol–water partition coefficient (Wildman–Crippen LogP) is 8.70. The van der Waals surface area contributed by atoms with Crippen molar-refractivity contribution in [3.8, 4) is 0 Å². The van der Waals surface area contributed by atoms with Crippen molar-refractivity contribution in [2.24, 2.45) is 0 Å². The number of unbranched alkanes of at least 4 members (excludes halogenated alkanes) is 4. The molecule has 6 unspecified atom stereocenters. The molecule has 0 saturated heterocycles. The maximum Gasteiger partial charge on any atom is 0.472 e. The summed E-state index contributed by atoms with van der Waals surface area (Å²) in [6, 6.07) is 0. The van der Waals surface area contributed by atoms with Gasteiger partial charge in [-0.1, -0.05) is 136 Å². The molecule has 0 amide bonds. The number of ether oxygens (including phenoxy) is 2. The number of hydrogen-bond acceptors (Lipinski definition) is 14. The first-order valence-corrected chi connectivity index (χ1v) is 27.5. The highest BCUT2D eigenvalue weighted by Crippen LogP contribution is 2.49. The molecule has 0 spiro atoms. The molecule has 0 aromatic heterocycles. The number of phosphoric acid groups is 2. The van der Waals surface area contributed by atoms with Gasteiger partial charge in [0.25, 0.3) is 0 Å². The zero-order valence-electron chi connectivity index (χ0n) is 41.0. The highest BCUT2D eigenvalue weighted by atomic mass is 31.2. The lowest BCUT2D eigenvalue weighted by Gasteiger charge is -2.43. The minimum Gasteiger partial charge on any atom is -0.462 e. The number of phosphoric ester groups is 2. The van der Waals surface area contributed by atoms with Crippen LogP contribution < -0.4 is 0 Å². The van der Waals surface area contributed by atoms with Crippen molar-refractivity contribution >= 4 is 27.6 Å². The van der Waals surface area contributed by atoms with Gasteiger partial charge in [-0.05, 0) is 96.3 Å². The summed E-state index contributed by atoms with van der Waals surface area (Å²) in [7, 11) is -10.7. The fourth-order valence-electron chi connectivity index (χ4n) is 6.65. The largest absolute Gasteiger partial charge is 0.472 e. The van der Waals surface area contributed by atoms with Crippen molar-refractivity contribution in [1.29, 1.82) is 0 Å². The molecule has 0 aliphatic heterocycles. The average Bonchev–Trinajstić information content (AvgIpc) is 3.31. The Labute approximate surface area is 415 Å². The molecule has 19 heteroatoms. The highest BCUT2D eigenvalue weighted by Gasteiger charge is 2.54. The third-order valence-electron chi connectivity index (χ3n) is 10.4. The van der Waals surface area contributed by atoms with Crippen molar-refractivity contribution in [3.63, 3.8) is 0 Å². The number of hydrogen-bond donors (Lipinski definition) is 8. The normalized spacial score (nSPS) is 22.4. The number of rotatable bonds is 39. The first kappa shape index (κ1) is 64.6. The smallest absolute Gasteiger partial charge is 0.462 e. The van der Waals surface area contributed by atoms with Crippen LogP contribution in [0.25, 0.3) is 0 Å². The van der Waals surface area contributed by atoms with Gasteiger partial charge in [-0.15, -0.1) is 0 Å². The number of allylic oxidation sites excluding steroid dienone is 17. The van der Waals surface area contributed by atoms with Gasteiger partial charge in [-0.3, -0.25) is 23.2 Å². The zero-order chi connectivity index (χ0) is 51.9. The molecule has 0 radical (unpaired) electrons. The second kappa shape index (κ2) is 40.1. The molecule has 0 aromatic rings. The molecule has 0 aromatic carbocycles. The van der Waals surface area contributed by atoms with Crippen LogP contribution in [0.2, 0.25) is 0 Å². The third-order valence-corrected chi connectivity index (χ3v) is 11.9. The van der Waals surface area contributed by atoms with E-state index in [9.17, 15) is 58.9 Å². The van der Waals surface area contributed by atoms with E-state index in [0.29, 0.717) is 32.1 Å². The number of esters is 2. The second-order valence-corrected chi connectivity index (χ2v) is 19.2. The molecule has 0 bridgehead atoms. The monoisotopic (exact) mass is 1030 g/mol. The van der Waals surface area contributed by atoms with Gasteiger partial charge in [0, 0.05) is 12.8 Å². The average molecular weight is 1030 g/mol. The molecule has 17 nitrogen and oxygen atoms in total. The molecule has 9 atom stereocenters. The number of carbonyl (C=O) groups is 2. The summed E-state index contributed by atoms with van der Waals surface area (Å²) in [5.41, 5.74) is 0. The molecular formula is C51H82O17P2. The summed E-state index contributed by atoms with van der Waals surface area (Å²) in [6.45, 7) is 2.71. The van der Waals surface area contributed by atoms with Crippen LogP contribution in [0.4, 0.5) is 0 Å². The maximum atomic E-state index is 13.0.